The van der Waals surface area contributed by atoms with Gasteiger partial charge in [0, 0.05) is 0 Å². The summed E-state index contributed by atoms with van der Waals surface area (Å²) in [7, 11) is -3.01. The Balaban J connectivity index is 3.42. The normalized spacial score (nSPS) is 16.6. The van der Waals surface area contributed by atoms with E-state index in [1.807, 2.05) is 5.38 Å². The highest BCUT2D eigenvalue weighted by atomic mass is 32.2. The molecule has 0 bridgehead atoms. The molecule has 1 unspecified atom stereocenters. The van der Waals surface area contributed by atoms with Gasteiger partial charge in [-0.15, -0.1) is 11.3 Å². The van der Waals surface area contributed by atoms with Crippen LogP contribution in [0.5, 0.6) is 0 Å². The number of thiophene rings is 1. The van der Waals surface area contributed by atoms with E-state index < -0.39 is 23.8 Å². The van der Waals surface area contributed by atoms with Crippen LogP contribution in [0.25, 0.3) is 0 Å². The van der Waals surface area contributed by atoms with Gasteiger partial charge < -0.3 is 5.11 Å². The third kappa shape index (κ3) is 4.16. The molecule has 0 aliphatic rings. The predicted molar refractivity (Wildman–Crippen MR) is 94.7 cm³/mol. The first-order valence-corrected chi connectivity index (χ1v) is 12.4. The fourth-order valence-electron chi connectivity index (χ4n) is 1.43. The Morgan fingerprint density at radius 2 is 1.81 bits per heavy atom. The highest BCUT2D eigenvalue weighted by Crippen LogP contribution is 2.39. The Morgan fingerprint density at radius 1 is 1.29 bits per heavy atom. The molecule has 1 heterocycles. The first kappa shape index (κ1) is 18.8. The summed E-state index contributed by atoms with van der Waals surface area (Å²) in [6, 6.07) is 1.81. The van der Waals surface area contributed by atoms with Crippen LogP contribution in [-0.2, 0) is 15.5 Å². The molecular formula is C14H28N2O2S2Si. The second-order valence-electron chi connectivity index (χ2n) is 7.34. The van der Waals surface area contributed by atoms with Gasteiger partial charge in [-0.2, -0.15) is 0 Å². The van der Waals surface area contributed by atoms with Crippen LogP contribution < -0.4 is 4.72 Å². The minimum Gasteiger partial charge on any atom is -0.386 e. The topological polar surface area (TPSA) is 61.7 Å². The summed E-state index contributed by atoms with van der Waals surface area (Å²) in [6.07, 6.45) is 0. The number of nitrogens with one attached hydrogen (secondary N) is 1. The zero-order valence-electron chi connectivity index (χ0n) is 14.3. The van der Waals surface area contributed by atoms with Crippen molar-refractivity contribution in [3.8, 4) is 0 Å². The van der Waals surface area contributed by atoms with Crippen LogP contribution in [0.15, 0.2) is 19.7 Å². The third-order valence-electron chi connectivity index (χ3n) is 4.02. The predicted octanol–water partition coefficient (Wildman–Crippen LogP) is 3.94. The molecule has 1 aromatic rings. The minimum atomic E-state index is -2.64. The average Bonchev–Trinajstić information content (AvgIpc) is 2.75. The van der Waals surface area contributed by atoms with Gasteiger partial charge in [-0.25, -0.2) is 8.93 Å². The molecule has 0 saturated heterocycles. The molecule has 0 amide bonds. The van der Waals surface area contributed by atoms with Crippen molar-refractivity contribution in [3.05, 3.63) is 17.0 Å². The monoisotopic (exact) mass is 348 g/mol. The summed E-state index contributed by atoms with van der Waals surface area (Å²) in [6.45, 7) is 14.2. The molecule has 0 aromatic carbocycles. The van der Waals surface area contributed by atoms with Crippen LogP contribution in [-0.4, -0.2) is 24.6 Å². The van der Waals surface area contributed by atoms with Crippen LogP contribution in [0.2, 0.25) is 18.1 Å². The van der Waals surface area contributed by atoms with Gasteiger partial charge in [-0.05, 0) is 56.0 Å². The van der Waals surface area contributed by atoms with E-state index in [4.69, 9.17) is 4.03 Å². The Hall–Kier alpha value is -0.213. The van der Waals surface area contributed by atoms with E-state index in [2.05, 4.69) is 38.6 Å². The van der Waals surface area contributed by atoms with Crippen LogP contribution in [0.3, 0.4) is 0 Å². The van der Waals surface area contributed by atoms with Crippen LogP contribution in [0.4, 0.5) is 0 Å². The number of hydrogen-bond acceptors (Lipinski definition) is 4. The average molecular weight is 349 g/mol. The van der Waals surface area contributed by atoms with E-state index in [-0.39, 0.29) is 5.04 Å². The zero-order chi connectivity index (χ0) is 16.7. The van der Waals surface area contributed by atoms with Gasteiger partial charge in [0.15, 0.2) is 8.24 Å². The van der Waals surface area contributed by atoms with Gasteiger partial charge in [0.1, 0.15) is 14.1 Å². The van der Waals surface area contributed by atoms with Crippen LogP contribution in [0.1, 0.15) is 40.2 Å². The summed E-state index contributed by atoms with van der Waals surface area (Å²) < 4.78 is 21.6. The van der Waals surface area contributed by atoms with Crippen molar-refractivity contribution in [2.75, 3.05) is 7.05 Å². The number of hydrogen-bond donors (Lipinski definition) is 2. The zero-order valence-corrected chi connectivity index (χ0v) is 16.9. The number of rotatable bonds is 4. The maximum atomic E-state index is 13.2. The smallest absolute Gasteiger partial charge is 0.195 e. The lowest BCUT2D eigenvalue weighted by atomic mass is 10.0. The molecule has 0 fully saturated rings. The van der Waals surface area contributed by atoms with E-state index in [0.717, 1.165) is 5.56 Å². The summed E-state index contributed by atoms with van der Waals surface area (Å²) >= 11 is 1.39. The largest absolute Gasteiger partial charge is 0.386 e. The molecule has 0 radical (unpaired) electrons. The van der Waals surface area contributed by atoms with Crippen molar-refractivity contribution >= 4 is 29.5 Å². The molecule has 2 N–H and O–H groups in total. The van der Waals surface area contributed by atoms with Gasteiger partial charge in [-0.1, -0.05) is 20.8 Å². The second-order valence-corrected chi connectivity index (χ2v) is 15.8. The van der Waals surface area contributed by atoms with Crippen LogP contribution >= 0.6 is 11.3 Å². The van der Waals surface area contributed by atoms with E-state index in [1.165, 1.54) is 11.3 Å². The molecule has 1 atom stereocenters. The third-order valence-corrected chi connectivity index (χ3v) is 13.5. The van der Waals surface area contributed by atoms with Crippen molar-refractivity contribution in [1.82, 2.24) is 4.72 Å². The SMILES string of the molecule is CNS(=O)(=N[Si](C)(C)C(C)(C)C)c1cc(C(C)(C)O)cs1. The maximum Gasteiger partial charge on any atom is 0.195 e. The summed E-state index contributed by atoms with van der Waals surface area (Å²) in [5, 5.41) is 12.0. The minimum absolute atomic E-state index is 0.0306. The van der Waals surface area contributed by atoms with E-state index in [0.29, 0.717) is 4.21 Å². The Morgan fingerprint density at radius 3 is 2.14 bits per heavy atom. The summed E-state index contributed by atoms with van der Waals surface area (Å²) in [5.74, 6) is 0. The van der Waals surface area contributed by atoms with Gasteiger partial charge in [0.05, 0.1) is 5.60 Å². The Labute approximate surface area is 134 Å². The summed E-state index contributed by atoms with van der Waals surface area (Å²) in [5.41, 5.74) is -0.157. The molecule has 1 rings (SSSR count). The highest BCUT2D eigenvalue weighted by Gasteiger charge is 2.38. The highest BCUT2D eigenvalue weighted by molar-refractivity contribution is 7.94. The van der Waals surface area contributed by atoms with Crippen LogP contribution in [0, 0.1) is 0 Å². The van der Waals surface area contributed by atoms with Crippen molar-refractivity contribution in [2.24, 2.45) is 4.03 Å². The molecule has 1 aromatic heterocycles. The first-order chi connectivity index (χ1) is 9.23. The maximum absolute atomic E-state index is 13.2. The molecule has 0 saturated carbocycles. The molecule has 7 heteroatoms. The lowest BCUT2D eigenvalue weighted by molar-refractivity contribution is 0.0789. The van der Waals surface area contributed by atoms with Gasteiger partial charge in [-0.3, -0.25) is 4.03 Å². The van der Waals surface area contributed by atoms with E-state index in [1.54, 1.807) is 27.0 Å². The van der Waals surface area contributed by atoms with E-state index in [9.17, 15) is 9.32 Å². The standard InChI is InChI=1S/C14H28N2O2S2Si/c1-13(2,3)21(7,8)16-20(18,15-6)12-9-11(10-19-12)14(4,5)17/h9-10,17H,1-8H3,(H,15,16,18). The Kier molecular flexibility index (Phi) is 5.18. The van der Waals surface area contributed by atoms with Crippen molar-refractivity contribution in [1.29, 1.82) is 0 Å². The van der Waals surface area contributed by atoms with Gasteiger partial charge in [0.25, 0.3) is 0 Å². The number of aliphatic hydroxyl groups is 1. The molecule has 122 valence electrons. The molecule has 0 aliphatic heterocycles. The quantitative estimate of drug-likeness (QED) is 0.810. The van der Waals surface area contributed by atoms with Gasteiger partial charge in [0.2, 0.25) is 0 Å². The molecule has 0 spiro atoms. The fourth-order valence-corrected chi connectivity index (χ4v) is 8.36. The fraction of sp³-hybridized carbons (Fsp3) is 0.714. The lowest BCUT2D eigenvalue weighted by Gasteiger charge is -2.33. The molecular weight excluding hydrogens is 320 g/mol. The second kappa shape index (κ2) is 5.77. The summed E-state index contributed by atoms with van der Waals surface area (Å²) in [4.78, 5) is 0. The number of nitrogens with zero attached hydrogens (tertiary/aromatic N) is 1. The van der Waals surface area contributed by atoms with E-state index >= 15 is 0 Å². The molecule has 0 aliphatic carbocycles. The first-order valence-electron chi connectivity index (χ1n) is 7.01. The van der Waals surface area contributed by atoms with Gasteiger partial charge >= 0.3 is 0 Å². The van der Waals surface area contributed by atoms with Crippen molar-refractivity contribution in [2.45, 2.75) is 62.6 Å². The molecule has 4 nitrogen and oxygen atoms in total. The molecule has 21 heavy (non-hydrogen) atoms. The van der Waals surface area contributed by atoms with Crippen molar-refractivity contribution < 1.29 is 9.32 Å². The Bertz CT molecular complexity index is 616. The lowest BCUT2D eigenvalue weighted by Crippen LogP contribution is -2.38. The van der Waals surface area contributed by atoms with Crippen molar-refractivity contribution in [3.63, 3.8) is 0 Å².